The summed E-state index contributed by atoms with van der Waals surface area (Å²) in [6.07, 6.45) is 0. The van der Waals surface area contributed by atoms with E-state index in [9.17, 15) is 0 Å². The van der Waals surface area contributed by atoms with Gasteiger partial charge in [0.15, 0.2) is 5.82 Å². The molecule has 0 bridgehead atoms. The first-order valence-electron chi connectivity index (χ1n) is 6.33. The van der Waals surface area contributed by atoms with Crippen LogP contribution in [-0.4, -0.2) is 41.2 Å². The molecule has 2 heterocycles. The van der Waals surface area contributed by atoms with Gasteiger partial charge in [0, 0.05) is 29.7 Å². The number of halogens is 1. The quantitative estimate of drug-likeness (QED) is 0.835. The van der Waals surface area contributed by atoms with Gasteiger partial charge in [0.1, 0.15) is 0 Å². The van der Waals surface area contributed by atoms with E-state index in [0.29, 0.717) is 5.89 Å². The summed E-state index contributed by atoms with van der Waals surface area (Å²) < 4.78 is 6.49. The van der Waals surface area contributed by atoms with Crippen molar-refractivity contribution in [3.63, 3.8) is 0 Å². The fourth-order valence-electron chi connectivity index (χ4n) is 2.13. The van der Waals surface area contributed by atoms with Crippen LogP contribution in [0.15, 0.2) is 28.8 Å². The molecule has 0 aliphatic carbocycles. The van der Waals surface area contributed by atoms with Gasteiger partial charge in [-0.25, -0.2) is 0 Å². The highest BCUT2D eigenvalue weighted by Gasteiger charge is 2.15. The average Bonchev–Trinajstić information content (AvgIpc) is 2.89. The third kappa shape index (κ3) is 3.13. The highest BCUT2D eigenvalue weighted by molar-refractivity contribution is 14.1. The van der Waals surface area contributed by atoms with E-state index < -0.39 is 0 Å². The number of nitrogens with zero attached hydrogens (tertiary/aromatic N) is 3. The van der Waals surface area contributed by atoms with Crippen molar-refractivity contribution in [2.24, 2.45) is 0 Å². The van der Waals surface area contributed by atoms with Crippen LogP contribution in [0.4, 0.5) is 0 Å². The van der Waals surface area contributed by atoms with E-state index in [0.717, 1.165) is 47.7 Å². The molecule has 0 atom stereocenters. The first-order chi connectivity index (χ1) is 9.33. The first kappa shape index (κ1) is 13.0. The van der Waals surface area contributed by atoms with E-state index >= 15 is 0 Å². The Bertz CT molecular complexity index is 551. The number of hydrogen-bond donors (Lipinski definition) is 1. The average molecular weight is 370 g/mol. The van der Waals surface area contributed by atoms with Crippen LogP contribution in [0, 0.1) is 3.57 Å². The van der Waals surface area contributed by atoms with Crippen molar-refractivity contribution in [3.8, 4) is 11.5 Å². The Morgan fingerprint density at radius 1 is 1.26 bits per heavy atom. The maximum Gasteiger partial charge on any atom is 0.259 e. The van der Waals surface area contributed by atoms with Gasteiger partial charge in [0.25, 0.3) is 5.89 Å². The lowest BCUT2D eigenvalue weighted by Gasteiger charge is -2.25. The highest BCUT2D eigenvalue weighted by Crippen LogP contribution is 2.23. The molecule has 19 heavy (non-hydrogen) atoms. The highest BCUT2D eigenvalue weighted by atomic mass is 127. The molecule has 1 aromatic heterocycles. The lowest BCUT2D eigenvalue weighted by molar-refractivity contribution is 0.225. The summed E-state index contributed by atoms with van der Waals surface area (Å²) in [5.41, 5.74) is 1.00. The summed E-state index contributed by atoms with van der Waals surface area (Å²) in [7, 11) is 0. The van der Waals surface area contributed by atoms with Gasteiger partial charge < -0.3 is 9.84 Å². The standard InChI is InChI=1S/C13H15IN4O/c14-11-4-2-1-3-10(11)13-16-12(17-19-13)9-18-7-5-15-6-8-18/h1-4,15H,5-9H2. The molecule has 1 N–H and O–H groups in total. The molecule has 1 aliphatic rings. The molecule has 0 unspecified atom stereocenters. The fraction of sp³-hybridized carbons (Fsp3) is 0.385. The van der Waals surface area contributed by atoms with E-state index in [-0.39, 0.29) is 0 Å². The van der Waals surface area contributed by atoms with Crippen molar-refractivity contribution in [1.29, 1.82) is 0 Å². The van der Waals surface area contributed by atoms with Crippen molar-refractivity contribution in [2.75, 3.05) is 26.2 Å². The molecular weight excluding hydrogens is 355 g/mol. The van der Waals surface area contributed by atoms with Crippen LogP contribution in [0.5, 0.6) is 0 Å². The number of benzene rings is 1. The second-order valence-electron chi connectivity index (χ2n) is 4.52. The van der Waals surface area contributed by atoms with Gasteiger partial charge >= 0.3 is 0 Å². The number of aromatic nitrogens is 2. The Morgan fingerprint density at radius 3 is 2.84 bits per heavy atom. The first-order valence-corrected chi connectivity index (χ1v) is 7.41. The summed E-state index contributed by atoms with van der Waals surface area (Å²) in [4.78, 5) is 6.83. The van der Waals surface area contributed by atoms with Crippen LogP contribution in [0.25, 0.3) is 11.5 Å². The van der Waals surface area contributed by atoms with Crippen LogP contribution >= 0.6 is 22.6 Å². The summed E-state index contributed by atoms with van der Waals surface area (Å²) in [5, 5.41) is 7.41. The zero-order valence-electron chi connectivity index (χ0n) is 10.5. The molecule has 0 amide bonds. The third-order valence-electron chi connectivity index (χ3n) is 3.15. The van der Waals surface area contributed by atoms with Crippen molar-refractivity contribution >= 4 is 22.6 Å². The lowest BCUT2D eigenvalue weighted by atomic mass is 10.2. The van der Waals surface area contributed by atoms with E-state index in [1.807, 2.05) is 24.3 Å². The second kappa shape index (κ2) is 5.98. The summed E-state index contributed by atoms with van der Waals surface area (Å²) in [6, 6.07) is 8.03. The molecule has 0 spiro atoms. The number of hydrogen-bond acceptors (Lipinski definition) is 5. The lowest BCUT2D eigenvalue weighted by Crippen LogP contribution is -2.43. The fourth-order valence-corrected chi connectivity index (χ4v) is 2.75. The van der Waals surface area contributed by atoms with E-state index in [2.05, 4.69) is 42.9 Å². The number of nitrogens with one attached hydrogen (secondary N) is 1. The molecule has 0 radical (unpaired) electrons. The predicted octanol–water partition coefficient (Wildman–Crippen LogP) is 1.75. The summed E-state index contributed by atoms with van der Waals surface area (Å²) in [6.45, 7) is 4.89. The maximum atomic E-state index is 5.36. The van der Waals surface area contributed by atoms with Crippen molar-refractivity contribution < 1.29 is 4.52 Å². The van der Waals surface area contributed by atoms with Gasteiger partial charge in [-0.3, -0.25) is 4.90 Å². The van der Waals surface area contributed by atoms with Crippen LogP contribution in [0.3, 0.4) is 0 Å². The van der Waals surface area contributed by atoms with Gasteiger partial charge in [0.05, 0.1) is 12.1 Å². The third-order valence-corrected chi connectivity index (χ3v) is 4.09. The van der Waals surface area contributed by atoms with Crippen LogP contribution in [0.2, 0.25) is 0 Å². The maximum absolute atomic E-state index is 5.36. The monoisotopic (exact) mass is 370 g/mol. The Morgan fingerprint density at radius 2 is 2.05 bits per heavy atom. The minimum absolute atomic E-state index is 0.607. The van der Waals surface area contributed by atoms with Crippen LogP contribution < -0.4 is 5.32 Å². The van der Waals surface area contributed by atoms with Gasteiger partial charge in [-0.05, 0) is 34.7 Å². The van der Waals surface area contributed by atoms with Crippen molar-refractivity contribution in [3.05, 3.63) is 33.7 Å². The molecule has 3 rings (SSSR count). The number of rotatable bonds is 3. The van der Waals surface area contributed by atoms with Gasteiger partial charge in [0.2, 0.25) is 0 Å². The van der Waals surface area contributed by atoms with Gasteiger partial charge in [-0.1, -0.05) is 17.3 Å². The van der Waals surface area contributed by atoms with Crippen molar-refractivity contribution in [2.45, 2.75) is 6.54 Å². The van der Waals surface area contributed by atoms with Crippen LogP contribution in [0.1, 0.15) is 5.82 Å². The van der Waals surface area contributed by atoms with Crippen molar-refractivity contribution in [1.82, 2.24) is 20.4 Å². The molecule has 5 nitrogen and oxygen atoms in total. The van der Waals surface area contributed by atoms with E-state index in [4.69, 9.17) is 4.52 Å². The molecule has 1 aromatic carbocycles. The van der Waals surface area contributed by atoms with Gasteiger partial charge in [-0.15, -0.1) is 0 Å². The molecule has 0 saturated carbocycles. The Hall–Kier alpha value is -0.990. The minimum atomic E-state index is 0.607. The van der Waals surface area contributed by atoms with E-state index in [1.54, 1.807) is 0 Å². The molecule has 1 fully saturated rings. The largest absolute Gasteiger partial charge is 0.334 e. The Kier molecular flexibility index (Phi) is 4.09. The molecule has 2 aromatic rings. The number of piperazine rings is 1. The summed E-state index contributed by atoms with van der Waals surface area (Å²) >= 11 is 2.28. The molecule has 1 aliphatic heterocycles. The molecule has 100 valence electrons. The Balaban J connectivity index is 1.74. The molecular formula is C13H15IN4O. The topological polar surface area (TPSA) is 54.2 Å². The SMILES string of the molecule is Ic1ccccc1-c1nc(CN2CCNCC2)no1. The molecule has 1 saturated heterocycles. The predicted molar refractivity (Wildman–Crippen MR) is 80.6 cm³/mol. The van der Waals surface area contributed by atoms with Crippen LogP contribution in [-0.2, 0) is 6.54 Å². The second-order valence-corrected chi connectivity index (χ2v) is 5.68. The molecule has 6 heteroatoms. The zero-order chi connectivity index (χ0) is 13.1. The summed E-state index contributed by atoms with van der Waals surface area (Å²) in [5.74, 6) is 1.37. The van der Waals surface area contributed by atoms with Gasteiger partial charge in [-0.2, -0.15) is 4.98 Å². The zero-order valence-corrected chi connectivity index (χ0v) is 12.6. The Labute approximate surface area is 125 Å². The smallest absolute Gasteiger partial charge is 0.259 e. The van der Waals surface area contributed by atoms with E-state index in [1.165, 1.54) is 0 Å². The minimum Gasteiger partial charge on any atom is -0.334 e. The normalized spacial score (nSPS) is 16.7.